The molecule has 8 heteroatoms. The largest absolute Gasteiger partial charge is 0.480 e. The third-order valence-corrected chi connectivity index (χ3v) is 2.52. The molecule has 0 aliphatic heterocycles. The Bertz CT molecular complexity index is 687. The second kappa shape index (κ2) is 4.92. The first-order valence-electron chi connectivity index (χ1n) is 5.53. The maximum atomic E-state index is 11.9. The summed E-state index contributed by atoms with van der Waals surface area (Å²) in [4.78, 5) is 33.8. The van der Waals surface area contributed by atoms with Crippen LogP contribution in [0.1, 0.15) is 6.92 Å². The van der Waals surface area contributed by atoms with E-state index in [0.717, 1.165) is 4.68 Å². The van der Waals surface area contributed by atoms with Gasteiger partial charge in [-0.1, -0.05) is 6.07 Å². The summed E-state index contributed by atoms with van der Waals surface area (Å²) in [7, 11) is 0. The molecule has 1 unspecified atom stereocenters. The van der Waals surface area contributed by atoms with E-state index < -0.39 is 23.6 Å². The lowest BCUT2D eigenvalue weighted by atomic mass is 10.3. The third kappa shape index (κ3) is 2.62. The van der Waals surface area contributed by atoms with Gasteiger partial charge in [0, 0.05) is 13.1 Å². The lowest BCUT2D eigenvalue weighted by molar-refractivity contribution is -0.142. The third-order valence-electron chi connectivity index (χ3n) is 2.52. The number of hydrogen-bond acceptors (Lipinski definition) is 4. The number of pyridine rings is 1. The number of nitrogens with zero attached hydrogens (tertiary/aromatic N) is 3. The number of aromatic nitrogens is 3. The fourth-order valence-corrected chi connectivity index (χ4v) is 1.69. The van der Waals surface area contributed by atoms with Gasteiger partial charge < -0.3 is 10.4 Å². The van der Waals surface area contributed by atoms with Gasteiger partial charge in [-0.2, -0.15) is 0 Å². The molecule has 8 nitrogen and oxygen atoms in total. The zero-order chi connectivity index (χ0) is 14.0. The van der Waals surface area contributed by atoms with Crippen molar-refractivity contribution >= 4 is 17.5 Å². The molecule has 1 atom stereocenters. The highest BCUT2D eigenvalue weighted by Gasteiger charge is 2.21. The number of carboxylic acids is 1. The summed E-state index contributed by atoms with van der Waals surface area (Å²) in [5.41, 5.74) is -0.0355. The Morgan fingerprint density at radius 3 is 2.79 bits per heavy atom. The number of amides is 1. The molecule has 1 amide bonds. The standard InChI is InChI=1S/C11H12N4O4/c1-7(16)12-8(10(17)18)6-15-11(19)14-5-3-2-4-9(14)13-15/h2-5,8H,6H2,1H3,(H,12,16)(H,17,18). The Morgan fingerprint density at radius 2 is 2.21 bits per heavy atom. The molecule has 0 aromatic carbocycles. The Balaban J connectivity index is 2.34. The van der Waals surface area contributed by atoms with Crippen molar-refractivity contribution in [2.45, 2.75) is 19.5 Å². The molecular formula is C11H12N4O4. The smallest absolute Gasteiger partial charge is 0.350 e. The molecule has 100 valence electrons. The van der Waals surface area contributed by atoms with Crippen molar-refractivity contribution in [1.82, 2.24) is 19.5 Å². The molecule has 0 aliphatic carbocycles. The quantitative estimate of drug-likeness (QED) is 0.743. The van der Waals surface area contributed by atoms with Gasteiger partial charge in [0.25, 0.3) is 0 Å². The number of carbonyl (C=O) groups is 2. The highest BCUT2D eigenvalue weighted by atomic mass is 16.4. The van der Waals surface area contributed by atoms with E-state index in [1.54, 1.807) is 18.2 Å². The Morgan fingerprint density at radius 1 is 1.47 bits per heavy atom. The lowest BCUT2D eigenvalue weighted by Crippen LogP contribution is -2.44. The topological polar surface area (TPSA) is 106 Å². The number of carbonyl (C=O) groups excluding carboxylic acids is 1. The Labute approximate surface area is 107 Å². The van der Waals surface area contributed by atoms with Crippen LogP contribution in [-0.2, 0) is 16.1 Å². The van der Waals surface area contributed by atoms with Gasteiger partial charge in [0.2, 0.25) is 5.91 Å². The fourth-order valence-electron chi connectivity index (χ4n) is 1.69. The monoisotopic (exact) mass is 264 g/mol. The second-order valence-corrected chi connectivity index (χ2v) is 3.98. The summed E-state index contributed by atoms with van der Waals surface area (Å²) in [6.07, 6.45) is 1.54. The van der Waals surface area contributed by atoms with Gasteiger partial charge in [0.15, 0.2) is 5.65 Å². The van der Waals surface area contributed by atoms with Crippen LogP contribution in [0.5, 0.6) is 0 Å². The minimum absolute atomic E-state index is 0.227. The Hall–Kier alpha value is -2.64. The molecule has 19 heavy (non-hydrogen) atoms. The molecule has 0 saturated heterocycles. The van der Waals surface area contributed by atoms with Crippen LogP contribution in [0.15, 0.2) is 29.2 Å². The van der Waals surface area contributed by atoms with Crippen molar-refractivity contribution in [3.8, 4) is 0 Å². The van der Waals surface area contributed by atoms with Gasteiger partial charge in [-0.25, -0.2) is 14.3 Å². The van der Waals surface area contributed by atoms with E-state index in [-0.39, 0.29) is 6.54 Å². The summed E-state index contributed by atoms with van der Waals surface area (Å²) in [5, 5.41) is 15.2. The first-order valence-corrected chi connectivity index (χ1v) is 5.53. The zero-order valence-electron chi connectivity index (χ0n) is 10.1. The van der Waals surface area contributed by atoms with E-state index >= 15 is 0 Å². The predicted octanol–water partition coefficient (Wildman–Crippen LogP) is -0.915. The SMILES string of the molecule is CC(=O)NC(Cn1nc2ccccn2c1=O)C(=O)O. The van der Waals surface area contributed by atoms with Crippen molar-refractivity contribution in [3.63, 3.8) is 0 Å². The first kappa shape index (κ1) is 12.8. The van der Waals surface area contributed by atoms with Gasteiger partial charge >= 0.3 is 11.7 Å². The number of rotatable bonds is 4. The van der Waals surface area contributed by atoms with E-state index in [2.05, 4.69) is 10.4 Å². The van der Waals surface area contributed by atoms with E-state index in [1.165, 1.54) is 17.5 Å². The van der Waals surface area contributed by atoms with Crippen LogP contribution in [0, 0.1) is 0 Å². The number of fused-ring (bicyclic) bond motifs is 1. The zero-order valence-corrected chi connectivity index (χ0v) is 10.1. The maximum Gasteiger partial charge on any atom is 0.350 e. The molecule has 0 spiro atoms. The van der Waals surface area contributed by atoms with Crippen LogP contribution in [0.4, 0.5) is 0 Å². The van der Waals surface area contributed by atoms with E-state index in [9.17, 15) is 14.4 Å². The molecule has 0 fully saturated rings. The van der Waals surface area contributed by atoms with Crippen LogP contribution in [0.3, 0.4) is 0 Å². The summed E-state index contributed by atoms with van der Waals surface area (Å²) >= 11 is 0. The summed E-state index contributed by atoms with van der Waals surface area (Å²) in [6.45, 7) is 0.984. The van der Waals surface area contributed by atoms with Gasteiger partial charge in [0.05, 0.1) is 6.54 Å². The number of aliphatic carboxylic acids is 1. The van der Waals surface area contributed by atoms with Gasteiger partial charge in [-0.05, 0) is 12.1 Å². The molecule has 2 aromatic heterocycles. The van der Waals surface area contributed by atoms with Crippen LogP contribution in [0.25, 0.3) is 5.65 Å². The average molecular weight is 264 g/mol. The Kier molecular flexibility index (Phi) is 3.32. The highest BCUT2D eigenvalue weighted by Crippen LogP contribution is 1.96. The van der Waals surface area contributed by atoms with Crippen molar-refractivity contribution < 1.29 is 14.7 Å². The fraction of sp³-hybridized carbons (Fsp3) is 0.273. The molecule has 0 bridgehead atoms. The van der Waals surface area contributed by atoms with Gasteiger partial charge in [-0.3, -0.25) is 9.20 Å². The summed E-state index contributed by atoms with van der Waals surface area (Å²) in [6, 6.07) is 3.82. The molecule has 2 rings (SSSR count). The normalized spacial score (nSPS) is 12.3. The first-order chi connectivity index (χ1) is 8.99. The number of carboxylic acid groups (broad SMARTS) is 1. The van der Waals surface area contributed by atoms with Gasteiger partial charge in [0.1, 0.15) is 6.04 Å². The number of nitrogens with one attached hydrogen (secondary N) is 1. The van der Waals surface area contributed by atoms with Crippen LogP contribution in [0.2, 0.25) is 0 Å². The molecule has 0 aliphatic rings. The maximum absolute atomic E-state index is 11.9. The van der Waals surface area contributed by atoms with E-state index in [0.29, 0.717) is 5.65 Å². The number of hydrogen-bond donors (Lipinski definition) is 2. The van der Waals surface area contributed by atoms with Crippen molar-refractivity contribution in [3.05, 3.63) is 34.9 Å². The van der Waals surface area contributed by atoms with Crippen molar-refractivity contribution in [2.75, 3.05) is 0 Å². The lowest BCUT2D eigenvalue weighted by Gasteiger charge is -2.11. The average Bonchev–Trinajstić information content (AvgIpc) is 2.65. The van der Waals surface area contributed by atoms with Crippen LogP contribution < -0.4 is 11.0 Å². The second-order valence-electron chi connectivity index (χ2n) is 3.98. The summed E-state index contributed by atoms with van der Waals surface area (Å²) < 4.78 is 2.32. The molecule has 0 saturated carbocycles. The molecule has 2 heterocycles. The molecular weight excluding hydrogens is 252 g/mol. The molecule has 2 aromatic rings. The van der Waals surface area contributed by atoms with Crippen molar-refractivity contribution in [2.24, 2.45) is 0 Å². The van der Waals surface area contributed by atoms with Crippen molar-refractivity contribution in [1.29, 1.82) is 0 Å². The highest BCUT2D eigenvalue weighted by molar-refractivity contribution is 5.81. The molecule has 2 N–H and O–H groups in total. The predicted molar refractivity (Wildman–Crippen MR) is 64.7 cm³/mol. The van der Waals surface area contributed by atoms with Gasteiger partial charge in [-0.15, -0.1) is 5.10 Å². The minimum Gasteiger partial charge on any atom is -0.480 e. The van der Waals surface area contributed by atoms with Crippen LogP contribution >= 0.6 is 0 Å². The molecule has 0 radical (unpaired) electrons. The minimum atomic E-state index is -1.22. The summed E-state index contributed by atoms with van der Waals surface area (Å²) in [5.74, 6) is -1.71. The van der Waals surface area contributed by atoms with E-state index in [4.69, 9.17) is 5.11 Å². The van der Waals surface area contributed by atoms with Crippen LogP contribution in [-0.4, -0.2) is 37.2 Å². The van der Waals surface area contributed by atoms with E-state index in [1.807, 2.05) is 0 Å².